The molecule has 1 atom stereocenters. The summed E-state index contributed by atoms with van der Waals surface area (Å²) in [6.45, 7) is 1.83. The molecule has 0 aliphatic heterocycles. The molecule has 1 aromatic carbocycles. The molecule has 0 saturated heterocycles. The van der Waals surface area contributed by atoms with Crippen LogP contribution in [0.4, 0.5) is 0 Å². The first-order valence-electron chi connectivity index (χ1n) is 6.19. The summed E-state index contributed by atoms with van der Waals surface area (Å²) in [6, 6.07) is 7.09. The molecule has 106 valence electrons. The lowest BCUT2D eigenvalue weighted by Gasteiger charge is -2.05. The molecule has 6 heteroatoms. The highest BCUT2D eigenvalue weighted by Gasteiger charge is 2.10. The van der Waals surface area contributed by atoms with Crippen molar-refractivity contribution >= 4 is 17.5 Å². The molecule has 2 N–H and O–H groups in total. The van der Waals surface area contributed by atoms with E-state index in [0.717, 1.165) is 5.56 Å². The van der Waals surface area contributed by atoms with E-state index >= 15 is 0 Å². The van der Waals surface area contributed by atoms with E-state index in [4.69, 9.17) is 21.1 Å². The molecular formula is C14H15ClN2O3. The third-order valence-electron chi connectivity index (χ3n) is 2.58. The quantitative estimate of drug-likeness (QED) is 0.885. The van der Waals surface area contributed by atoms with E-state index in [1.807, 2.05) is 0 Å². The molecule has 2 aromatic rings. The first-order valence-corrected chi connectivity index (χ1v) is 6.57. The minimum atomic E-state index is -0.569. The normalized spacial score (nSPS) is 12.2. The average molecular weight is 295 g/mol. The number of benzene rings is 1. The molecule has 0 spiro atoms. The van der Waals surface area contributed by atoms with Gasteiger partial charge in [-0.2, -0.15) is 0 Å². The van der Waals surface area contributed by atoms with E-state index in [0.29, 0.717) is 16.6 Å². The highest BCUT2D eigenvalue weighted by Crippen LogP contribution is 2.20. The summed E-state index contributed by atoms with van der Waals surface area (Å²) < 4.78 is 5.33. The van der Waals surface area contributed by atoms with Crippen LogP contribution in [-0.2, 0) is 11.2 Å². The van der Waals surface area contributed by atoms with Crippen molar-refractivity contribution < 1.29 is 14.3 Å². The lowest BCUT2D eigenvalue weighted by molar-refractivity contribution is -0.120. The summed E-state index contributed by atoms with van der Waals surface area (Å²) in [7, 11) is 0. The standard InChI is InChI=1S/C14H15ClN2O3/c1-9(18)7-16-13(19)6-12-8-20-14(17-12)10-2-4-11(15)5-3-10/h2-5,8-9,18H,6-7H2,1H3,(H,16,19). The predicted molar refractivity (Wildman–Crippen MR) is 75.3 cm³/mol. The Hall–Kier alpha value is -1.85. The molecule has 1 aromatic heterocycles. The monoisotopic (exact) mass is 294 g/mol. The average Bonchev–Trinajstić information content (AvgIpc) is 2.85. The number of nitrogens with zero attached hydrogens (tertiary/aromatic N) is 1. The first-order chi connectivity index (χ1) is 9.54. The van der Waals surface area contributed by atoms with Gasteiger partial charge in [-0.15, -0.1) is 0 Å². The second kappa shape index (κ2) is 6.54. The number of carbonyl (C=O) groups excluding carboxylic acids is 1. The van der Waals surface area contributed by atoms with Gasteiger partial charge >= 0.3 is 0 Å². The van der Waals surface area contributed by atoms with E-state index in [1.54, 1.807) is 31.2 Å². The Balaban J connectivity index is 1.98. The Kier molecular flexibility index (Phi) is 4.76. The van der Waals surface area contributed by atoms with Crippen LogP contribution in [0.25, 0.3) is 11.5 Å². The summed E-state index contributed by atoms with van der Waals surface area (Å²) in [5, 5.41) is 12.3. The maximum absolute atomic E-state index is 11.6. The zero-order valence-corrected chi connectivity index (χ0v) is 11.7. The molecule has 0 fully saturated rings. The molecule has 1 heterocycles. The number of hydrogen-bond acceptors (Lipinski definition) is 4. The number of aromatic nitrogens is 1. The van der Waals surface area contributed by atoms with Gasteiger partial charge in [-0.05, 0) is 31.2 Å². The Morgan fingerprint density at radius 3 is 2.80 bits per heavy atom. The van der Waals surface area contributed by atoms with E-state index < -0.39 is 6.10 Å². The molecule has 0 bridgehead atoms. The topological polar surface area (TPSA) is 75.4 Å². The maximum Gasteiger partial charge on any atom is 0.226 e. The number of aliphatic hydroxyl groups excluding tert-OH is 1. The molecule has 0 saturated carbocycles. The molecule has 1 amide bonds. The largest absolute Gasteiger partial charge is 0.444 e. The second-order valence-corrected chi connectivity index (χ2v) is 4.92. The SMILES string of the molecule is CC(O)CNC(=O)Cc1coc(-c2ccc(Cl)cc2)n1. The Labute approximate surface area is 121 Å². The fraction of sp³-hybridized carbons (Fsp3) is 0.286. The summed E-state index contributed by atoms with van der Waals surface area (Å²) in [6.07, 6.45) is 0.997. The zero-order valence-electron chi connectivity index (χ0n) is 11.0. The van der Waals surface area contributed by atoms with Crippen LogP contribution in [0.1, 0.15) is 12.6 Å². The molecule has 0 radical (unpaired) electrons. The highest BCUT2D eigenvalue weighted by molar-refractivity contribution is 6.30. The number of nitrogens with one attached hydrogen (secondary N) is 1. The van der Waals surface area contributed by atoms with Gasteiger partial charge in [-0.25, -0.2) is 4.98 Å². The number of aliphatic hydroxyl groups is 1. The number of halogens is 1. The summed E-state index contributed by atoms with van der Waals surface area (Å²) in [5.74, 6) is 0.238. The van der Waals surface area contributed by atoms with E-state index in [9.17, 15) is 4.79 Å². The van der Waals surface area contributed by atoms with Gasteiger partial charge in [0.2, 0.25) is 11.8 Å². The van der Waals surface area contributed by atoms with Crippen LogP contribution < -0.4 is 5.32 Å². The molecule has 1 unspecified atom stereocenters. The van der Waals surface area contributed by atoms with Gasteiger partial charge in [0.1, 0.15) is 6.26 Å². The van der Waals surface area contributed by atoms with Crippen molar-refractivity contribution in [1.29, 1.82) is 0 Å². The van der Waals surface area contributed by atoms with Crippen molar-refractivity contribution in [3.8, 4) is 11.5 Å². The summed E-state index contributed by atoms with van der Waals surface area (Å²) >= 11 is 5.81. The van der Waals surface area contributed by atoms with Crippen LogP contribution in [0.2, 0.25) is 5.02 Å². The van der Waals surface area contributed by atoms with Gasteiger partial charge in [0.25, 0.3) is 0 Å². The number of hydrogen-bond donors (Lipinski definition) is 2. The van der Waals surface area contributed by atoms with Crippen LogP contribution >= 0.6 is 11.6 Å². The minimum Gasteiger partial charge on any atom is -0.444 e. The number of rotatable bonds is 5. The lowest BCUT2D eigenvalue weighted by Crippen LogP contribution is -2.31. The Bertz CT molecular complexity index is 578. The van der Waals surface area contributed by atoms with Crippen LogP contribution in [-0.4, -0.2) is 28.6 Å². The van der Waals surface area contributed by atoms with Crippen molar-refractivity contribution in [2.24, 2.45) is 0 Å². The van der Waals surface area contributed by atoms with Gasteiger partial charge in [0.15, 0.2) is 0 Å². The molecule has 2 rings (SSSR count). The Morgan fingerprint density at radius 2 is 2.15 bits per heavy atom. The Morgan fingerprint density at radius 1 is 1.45 bits per heavy atom. The fourth-order valence-electron chi connectivity index (χ4n) is 1.60. The maximum atomic E-state index is 11.6. The highest BCUT2D eigenvalue weighted by atomic mass is 35.5. The van der Waals surface area contributed by atoms with Crippen LogP contribution in [0, 0.1) is 0 Å². The first kappa shape index (κ1) is 14.6. The summed E-state index contributed by atoms with van der Waals surface area (Å²) in [4.78, 5) is 15.8. The zero-order chi connectivity index (χ0) is 14.5. The molecular weight excluding hydrogens is 280 g/mol. The number of amides is 1. The number of oxazole rings is 1. The van der Waals surface area contributed by atoms with Crippen molar-refractivity contribution in [3.63, 3.8) is 0 Å². The van der Waals surface area contributed by atoms with E-state index in [2.05, 4.69) is 10.3 Å². The van der Waals surface area contributed by atoms with Gasteiger partial charge < -0.3 is 14.8 Å². The lowest BCUT2D eigenvalue weighted by atomic mass is 10.2. The molecule has 20 heavy (non-hydrogen) atoms. The van der Waals surface area contributed by atoms with E-state index in [-0.39, 0.29) is 18.9 Å². The minimum absolute atomic E-state index is 0.115. The number of carbonyl (C=O) groups is 1. The van der Waals surface area contributed by atoms with Gasteiger partial charge in [0, 0.05) is 17.1 Å². The van der Waals surface area contributed by atoms with Crippen LogP contribution in [0.5, 0.6) is 0 Å². The van der Waals surface area contributed by atoms with Crippen molar-refractivity contribution in [2.75, 3.05) is 6.54 Å². The second-order valence-electron chi connectivity index (χ2n) is 4.48. The molecule has 5 nitrogen and oxygen atoms in total. The third kappa shape index (κ3) is 4.08. The van der Waals surface area contributed by atoms with Gasteiger partial charge in [0.05, 0.1) is 18.2 Å². The molecule has 0 aliphatic carbocycles. The predicted octanol–water partition coefficient (Wildman–Crippen LogP) is 2.03. The smallest absolute Gasteiger partial charge is 0.226 e. The van der Waals surface area contributed by atoms with E-state index in [1.165, 1.54) is 6.26 Å². The van der Waals surface area contributed by atoms with Crippen molar-refractivity contribution in [3.05, 3.63) is 41.2 Å². The van der Waals surface area contributed by atoms with Crippen molar-refractivity contribution in [1.82, 2.24) is 10.3 Å². The van der Waals surface area contributed by atoms with Crippen LogP contribution in [0.3, 0.4) is 0 Å². The van der Waals surface area contributed by atoms with Gasteiger partial charge in [-0.3, -0.25) is 4.79 Å². The molecule has 0 aliphatic rings. The third-order valence-corrected chi connectivity index (χ3v) is 2.83. The van der Waals surface area contributed by atoms with Crippen LogP contribution in [0.15, 0.2) is 34.9 Å². The van der Waals surface area contributed by atoms with Crippen molar-refractivity contribution in [2.45, 2.75) is 19.4 Å². The van der Waals surface area contributed by atoms with Gasteiger partial charge in [-0.1, -0.05) is 11.6 Å². The fourth-order valence-corrected chi connectivity index (χ4v) is 1.73. The summed E-state index contributed by atoms with van der Waals surface area (Å²) in [5.41, 5.74) is 1.34.